The average molecular weight is 339 g/mol. The Balaban J connectivity index is 2.00. The number of benzene rings is 1. The van der Waals surface area contributed by atoms with E-state index in [-0.39, 0.29) is 12.4 Å². The van der Waals surface area contributed by atoms with E-state index in [1.165, 1.54) is 13.2 Å². The van der Waals surface area contributed by atoms with Gasteiger partial charge in [-0.15, -0.1) is 0 Å². The molecular weight excluding hydrogens is 328 g/mol. The fourth-order valence-corrected chi connectivity index (χ4v) is 1.86. The zero-order chi connectivity index (χ0) is 14.5. The molecule has 0 radical (unpaired) electrons. The fourth-order valence-electron chi connectivity index (χ4n) is 1.55. The van der Waals surface area contributed by atoms with Gasteiger partial charge in [0.05, 0.1) is 12.7 Å². The standard InChI is InChI=1S/C14H11BrO5/c1-18-13(16)10-4-2-3-9(7-10)8-19-14(17)11-5-6-12(15)20-11/h2-7H,8H2,1H3. The summed E-state index contributed by atoms with van der Waals surface area (Å²) >= 11 is 3.10. The molecule has 5 nitrogen and oxygen atoms in total. The number of hydrogen-bond acceptors (Lipinski definition) is 5. The fraction of sp³-hybridized carbons (Fsp3) is 0.143. The molecule has 0 fully saturated rings. The minimum Gasteiger partial charge on any atom is -0.465 e. The maximum absolute atomic E-state index is 11.7. The van der Waals surface area contributed by atoms with Gasteiger partial charge >= 0.3 is 11.9 Å². The maximum Gasteiger partial charge on any atom is 0.374 e. The van der Waals surface area contributed by atoms with Crippen molar-refractivity contribution in [2.75, 3.05) is 7.11 Å². The van der Waals surface area contributed by atoms with Gasteiger partial charge in [-0.3, -0.25) is 0 Å². The number of hydrogen-bond donors (Lipinski definition) is 0. The largest absolute Gasteiger partial charge is 0.465 e. The van der Waals surface area contributed by atoms with Crippen molar-refractivity contribution in [1.29, 1.82) is 0 Å². The first-order valence-corrected chi connectivity index (χ1v) is 6.49. The lowest BCUT2D eigenvalue weighted by Gasteiger charge is -2.05. The topological polar surface area (TPSA) is 65.7 Å². The highest BCUT2D eigenvalue weighted by molar-refractivity contribution is 9.10. The number of carbonyl (C=O) groups is 2. The Morgan fingerprint density at radius 3 is 2.65 bits per heavy atom. The molecular formula is C14H11BrO5. The maximum atomic E-state index is 11.7. The summed E-state index contributed by atoms with van der Waals surface area (Å²) in [5.41, 5.74) is 1.09. The number of ether oxygens (including phenoxy) is 2. The van der Waals surface area contributed by atoms with Crippen molar-refractivity contribution in [3.8, 4) is 0 Å². The van der Waals surface area contributed by atoms with Crippen LogP contribution in [0.15, 0.2) is 45.5 Å². The number of rotatable bonds is 4. The lowest BCUT2D eigenvalue weighted by atomic mass is 10.1. The first-order valence-electron chi connectivity index (χ1n) is 5.70. The van der Waals surface area contributed by atoms with E-state index in [0.717, 1.165) is 0 Å². The van der Waals surface area contributed by atoms with Crippen LogP contribution >= 0.6 is 15.9 Å². The summed E-state index contributed by atoms with van der Waals surface area (Å²) in [5, 5.41) is 0. The van der Waals surface area contributed by atoms with Crippen LogP contribution in [0.3, 0.4) is 0 Å². The van der Waals surface area contributed by atoms with E-state index in [4.69, 9.17) is 9.15 Å². The van der Waals surface area contributed by atoms with Gasteiger partial charge in [0.1, 0.15) is 6.61 Å². The van der Waals surface area contributed by atoms with Crippen LogP contribution in [0.1, 0.15) is 26.5 Å². The van der Waals surface area contributed by atoms with Crippen LogP contribution in [0.5, 0.6) is 0 Å². The Morgan fingerprint density at radius 2 is 2.00 bits per heavy atom. The third kappa shape index (κ3) is 3.48. The summed E-state index contributed by atoms with van der Waals surface area (Å²) < 4.78 is 15.2. The zero-order valence-corrected chi connectivity index (χ0v) is 12.2. The van der Waals surface area contributed by atoms with Crippen LogP contribution in [0.25, 0.3) is 0 Å². The molecule has 0 spiro atoms. The Bertz CT molecular complexity index is 632. The second kappa shape index (κ2) is 6.38. The quantitative estimate of drug-likeness (QED) is 0.801. The Hall–Kier alpha value is -2.08. The molecule has 2 rings (SSSR count). The molecule has 0 aliphatic carbocycles. The van der Waals surface area contributed by atoms with Crippen molar-refractivity contribution >= 4 is 27.9 Å². The number of halogens is 1. The second-order valence-electron chi connectivity index (χ2n) is 3.87. The van der Waals surface area contributed by atoms with E-state index in [1.807, 2.05) is 0 Å². The van der Waals surface area contributed by atoms with Crippen molar-refractivity contribution in [2.45, 2.75) is 6.61 Å². The van der Waals surface area contributed by atoms with Gasteiger partial charge in [-0.25, -0.2) is 9.59 Å². The molecule has 0 amide bonds. The summed E-state index contributed by atoms with van der Waals surface area (Å²) in [6.07, 6.45) is 0. The monoisotopic (exact) mass is 338 g/mol. The molecule has 0 saturated heterocycles. The third-order valence-electron chi connectivity index (χ3n) is 2.49. The number of furan rings is 1. The number of carbonyl (C=O) groups excluding carboxylic acids is 2. The van der Waals surface area contributed by atoms with Crippen LogP contribution in [-0.4, -0.2) is 19.0 Å². The van der Waals surface area contributed by atoms with E-state index in [2.05, 4.69) is 20.7 Å². The van der Waals surface area contributed by atoms with Crippen molar-refractivity contribution < 1.29 is 23.5 Å². The van der Waals surface area contributed by atoms with Gasteiger partial charge < -0.3 is 13.9 Å². The second-order valence-corrected chi connectivity index (χ2v) is 4.65. The summed E-state index contributed by atoms with van der Waals surface area (Å²) in [7, 11) is 1.31. The highest BCUT2D eigenvalue weighted by atomic mass is 79.9. The van der Waals surface area contributed by atoms with Gasteiger partial charge in [-0.05, 0) is 45.8 Å². The Morgan fingerprint density at radius 1 is 1.20 bits per heavy atom. The molecule has 1 heterocycles. The van der Waals surface area contributed by atoms with Crippen LogP contribution in [0.4, 0.5) is 0 Å². The van der Waals surface area contributed by atoms with Crippen LogP contribution in [0, 0.1) is 0 Å². The van der Waals surface area contributed by atoms with Crippen molar-refractivity contribution in [2.24, 2.45) is 0 Å². The van der Waals surface area contributed by atoms with E-state index in [1.54, 1.807) is 30.3 Å². The molecule has 0 aliphatic rings. The molecule has 0 unspecified atom stereocenters. The highest BCUT2D eigenvalue weighted by Gasteiger charge is 2.12. The molecule has 20 heavy (non-hydrogen) atoms. The van der Waals surface area contributed by atoms with E-state index in [9.17, 15) is 9.59 Å². The molecule has 1 aromatic heterocycles. The number of esters is 2. The van der Waals surface area contributed by atoms with Gasteiger partial charge in [0.2, 0.25) is 5.76 Å². The van der Waals surface area contributed by atoms with Crippen LogP contribution in [-0.2, 0) is 16.1 Å². The SMILES string of the molecule is COC(=O)c1cccc(COC(=O)c2ccc(Br)o2)c1. The highest BCUT2D eigenvalue weighted by Crippen LogP contribution is 2.16. The van der Waals surface area contributed by atoms with Crippen molar-refractivity contribution in [1.82, 2.24) is 0 Å². The first kappa shape index (κ1) is 14.3. The average Bonchev–Trinajstić information content (AvgIpc) is 2.91. The summed E-state index contributed by atoms with van der Waals surface area (Å²) in [4.78, 5) is 23.1. The molecule has 0 saturated carbocycles. The van der Waals surface area contributed by atoms with Gasteiger partial charge in [0.25, 0.3) is 0 Å². The predicted molar refractivity (Wildman–Crippen MR) is 73.3 cm³/mol. The van der Waals surface area contributed by atoms with E-state index < -0.39 is 11.9 Å². The normalized spacial score (nSPS) is 10.1. The summed E-state index contributed by atoms with van der Waals surface area (Å²) in [6.45, 7) is 0.0436. The molecule has 0 atom stereocenters. The molecule has 1 aromatic carbocycles. The van der Waals surface area contributed by atoms with E-state index >= 15 is 0 Å². The lowest BCUT2D eigenvalue weighted by molar-refractivity contribution is 0.0434. The van der Waals surface area contributed by atoms with Gasteiger partial charge in [-0.1, -0.05) is 12.1 Å². The molecule has 0 N–H and O–H groups in total. The smallest absolute Gasteiger partial charge is 0.374 e. The molecule has 0 bridgehead atoms. The van der Waals surface area contributed by atoms with Crippen LogP contribution in [0.2, 0.25) is 0 Å². The van der Waals surface area contributed by atoms with Crippen molar-refractivity contribution in [3.63, 3.8) is 0 Å². The molecule has 2 aromatic rings. The summed E-state index contributed by atoms with van der Waals surface area (Å²) in [5.74, 6) is -0.895. The lowest BCUT2D eigenvalue weighted by Crippen LogP contribution is -2.05. The summed E-state index contributed by atoms with van der Waals surface area (Å²) in [6, 6.07) is 9.79. The minimum atomic E-state index is -0.570. The molecule has 0 aliphatic heterocycles. The Labute approximate surface area is 123 Å². The first-order chi connectivity index (χ1) is 9.60. The number of methoxy groups -OCH3 is 1. The Kier molecular flexibility index (Phi) is 4.57. The van der Waals surface area contributed by atoms with Crippen molar-refractivity contribution in [3.05, 3.63) is 58.0 Å². The van der Waals surface area contributed by atoms with Gasteiger partial charge in [0, 0.05) is 0 Å². The van der Waals surface area contributed by atoms with Gasteiger partial charge in [0.15, 0.2) is 4.67 Å². The van der Waals surface area contributed by atoms with Gasteiger partial charge in [-0.2, -0.15) is 0 Å². The zero-order valence-electron chi connectivity index (χ0n) is 10.6. The van der Waals surface area contributed by atoms with E-state index in [0.29, 0.717) is 15.8 Å². The van der Waals surface area contributed by atoms with Crippen LogP contribution < -0.4 is 0 Å². The molecule has 6 heteroatoms. The minimum absolute atomic E-state index is 0.0436. The predicted octanol–water partition coefficient (Wildman–Crippen LogP) is 3.19. The molecule has 104 valence electrons. The third-order valence-corrected chi connectivity index (χ3v) is 2.92.